The van der Waals surface area contributed by atoms with E-state index in [1.54, 1.807) is 40.4 Å². The summed E-state index contributed by atoms with van der Waals surface area (Å²) in [4.78, 5) is 11.1. The first-order valence-electron chi connectivity index (χ1n) is 5.61. The predicted octanol–water partition coefficient (Wildman–Crippen LogP) is 1.38. The summed E-state index contributed by atoms with van der Waals surface area (Å²) in [6.07, 6.45) is 0.464. The summed E-state index contributed by atoms with van der Waals surface area (Å²) in [5, 5.41) is 0. The lowest BCUT2D eigenvalue weighted by molar-refractivity contribution is -0.121. The van der Waals surface area contributed by atoms with Crippen LogP contribution in [0.1, 0.15) is 12.5 Å². The largest absolute Gasteiger partial charge is 0.496 e. The third kappa shape index (κ3) is 3.06. The third-order valence-electron chi connectivity index (χ3n) is 2.81. The Morgan fingerprint density at radius 1 is 1.17 bits per heavy atom. The Kier molecular flexibility index (Phi) is 4.83. The van der Waals surface area contributed by atoms with Crippen LogP contribution in [-0.2, 0) is 11.2 Å². The minimum absolute atomic E-state index is 0.291. The topological polar surface area (TPSA) is 70.8 Å². The molecule has 0 saturated carbocycles. The number of hydrogen-bond donors (Lipinski definition) is 1. The molecule has 0 saturated heterocycles. The Morgan fingerprint density at radius 2 is 1.67 bits per heavy atom. The van der Waals surface area contributed by atoms with Crippen LogP contribution in [0.5, 0.6) is 17.2 Å². The van der Waals surface area contributed by atoms with Crippen molar-refractivity contribution in [3.8, 4) is 17.2 Å². The molecule has 1 rings (SSSR count). The standard InChI is InChI=1S/C13H19NO4/c1-8(13(14)15)5-10-11(17-3)6-9(16-2)7-12(10)18-4/h6-8H,5H2,1-4H3,(H2,14,15). The molecule has 5 nitrogen and oxygen atoms in total. The summed E-state index contributed by atoms with van der Waals surface area (Å²) < 4.78 is 15.8. The van der Waals surface area contributed by atoms with Crippen molar-refractivity contribution < 1.29 is 19.0 Å². The fourth-order valence-electron chi connectivity index (χ4n) is 1.69. The molecule has 0 spiro atoms. The molecular weight excluding hydrogens is 234 g/mol. The van der Waals surface area contributed by atoms with Gasteiger partial charge in [-0.05, 0) is 6.42 Å². The molecule has 0 aliphatic rings. The molecule has 2 N–H and O–H groups in total. The van der Waals surface area contributed by atoms with Gasteiger partial charge in [-0.3, -0.25) is 4.79 Å². The fraction of sp³-hybridized carbons (Fsp3) is 0.462. The lowest BCUT2D eigenvalue weighted by Crippen LogP contribution is -2.22. The van der Waals surface area contributed by atoms with Crippen molar-refractivity contribution in [1.82, 2.24) is 0 Å². The molecule has 0 bridgehead atoms. The predicted molar refractivity (Wildman–Crippen MR) is 68.2 cm³/mol. The Bertz CT molecular complexity index is 406. The molecule has 0 aromatic heterocycles. The third-order valence-corrected chi connectivity index (χ3v) is 2.81. The lowest BCUT2D eigenvalue weighted by atomic mass is 9.98. The van der Waals surface area contributed by atoms with Crippen molar-refractivity contribution in [2.75, 3.05) is 21.3 Å². The highest BCUT2D eigenvalue weighted by Crippen LogP contribution is 2.35. The first kappa shape index (κ1) is 14.2. The molecule has 1 atom stereocenters. The number of nitrogens with two attached hydrogens (primary N) is 1. The van der Waals surface area contributed by atoms with Gasteiger partial charge in [0.05, 0.1) is 21.3 Å². The summed E-state index contributed by atoms with van der Waals surface area (Å²) in [6.45, 7) is 1.77. The highest BCUT2D eigenvalue weighted by atomic mass is 16.5. The van der Waals surface area contributed by atoms with Crippen LogP contribution < -0.4 is 19.9 Å². The van der Waals surface area contributed by atoms with Gasteiger partial charge in [-0.25, -0.2) is 0 Å². The van der Waals surface area contributed by atoms with Crippen molar-refractivity contribution in [2.24, 2.45) is 11.7 Å². The van der Waals surface area contributed by atoms with Gasteiger partial charge in [-0.2, -0.15) is 0 Å². The summed E-state index contributed by atoms with van der Waals surface area (Å²) >= 11 is 0. The second-order valence-electron chi connectivity index (χ2n) is 4.02. The highest BCUT2D eigenvalue weighted by Gasteiger charge is 2.18. The molecule has 18 heavy (non-hydrogen) atoms. The smallest absolute Gasteiger partial charge is 0.220 e. The van der Waals surface area contributed by atoms with Gasteiger partial charge in [0.25, 0.3) is 0 Å². The monoisotopic (exact) mass is 253 g/mol. The SMILES string of the molecule is COc1cc(OC)c(CC(C)C(N)=O)c(OC)c1. The number of benzene rings is 1. The van der Waals surface area contributed by atoms with Gasteiger partial charge in [-0.15, -0.1) is 0 Å². The molecule has 1 unspecified atom stereocenters. The number of primary amides is 1. The zero-order valence-corrected chi connectivity index (χ0v) is 11.1. The van der Waals surface area contributed by atoms with Gasteiger partial charge >= 0.3 is 0 Å². The normalized spacial score (nSPS) is 11.8. The second-order valence-corrected chi connectivity index (χ2v) is 4.02. The highest BCUT2D eigenvalue weighted by molar-refractivity contribution is 5.76. The van der Waals surface area contributed by atoms with E-state index in [-0.39, 0.29) is 11.8 Å². The lowest BCUT2D eigenvalue weighted by Gasteiger charge is -2.16. The van der Waals surface area contributed by atoms with E-state index < -0.39 is 0 Å². The second kappa shape index (κ2) is 6.14. The van der Waals surface area contributed by atoms with Crippen LogP contribution in [0.3, 0.4) is 0 Å². The molecule has 5 heteroatoms. The summed E-state index contributed by atoms with van der Waals surface area (Å²) in [7, 11) is 4.69. The van der Waals surface area contributed by atoms with E-state index in [0.717, 1.165) is 5.56 Å². The average molecular weight is 253 g/mol. The zero-order chi connectivity index (χ0) is 13.7. The first-order chi connectivity index (χ1) is 8.53. The van der Waals surface area contributed by atoms with Crippen molar-refractivity contribution in [2.45, 2.75) is 13.3 Å². The van der Waals surface area contributed by atoms with E-state index in [1.807, 2.05) is 0 Å². The molecule has 0 radical (unpaired) electrons. The maximum atomic E-state index is 11.1. The Morgan fingerprint density at radius 3 is 2.00 bits per heavy atom. The number of ether oxygens (including phenoxy) is 3. The number of rotatable bonds is 6. The van der Waals surface area contributed by atoms with E-state index >= 15 is 0 Å². The van der Waals surface area contributed by atoms with Gasteiger partial charge in [-0.1, -0.05) is 6.92 Å². The van der Waals surface area contributed by atoms with Crippen LogP contribution >= 0.6 is 0 Å². The summed E-state index contributed by atoms with van der Waals surface area (Å²) in [6, 6.07) is 3.51. The Hall–Kier alpha value is -1.91. The minimum atomic E-state index is -0.352. The maximum absolute atomic E-state index is 11.1. The van der Waals surface area contributed by atoms with Crippen LogP contribution in [0.25, 0.3) is 0 Å². The Labute approximate surface area is 107 Å². The minimum Gasteiger partial charge on any atom is -0.496 e. The van der Waals surface area contributed by atoms with E-state index in [4.69, 9.17) is 19.9 Å². The molecular formula is C13H19NO4. The number of amides is 1. The van der Waals surface area contributed by atoms with E-state index in [2.05, 4.69) is 0 Å². The zero-order valence-electron chi connectivity index (χ0n) is 11.1. The van der Waals surface area contributed by atoms with Crippen molar-refractivity contribution in [3.05, 3.63) is 17.7 Å². The maximum Gasteiger partial charge on any atom is 0.220 e. The number of hydrogen-bond acceptors (Lipinski definition) is 4. The molecule has 1 amide bonds. The van der Waals surface area contributed by atoms with Gasteiger partial charge in [0.1, 0.15) is 17.2 Å². The van der Waals surface area contributed by atoms with Crippen LogP contribution in [0, 0.1) is 5.92 Å². The van der Waals surface area contributed by atoms with Crippen LogP contribution in [0.2, 0.25) is 0 Å². The van der Waals surface area contributed by atoms with Crippen LogP contribution in [0.15, 0.2) is 12.1 Å². The molecule has 1 aromatic carbocycles. The quantitative estimate of drug-likeness (QED) is 0.831. The van der Waals surface area contributed by atoms with Crippen molar-refractivity contribution in [3.63, 3.8) is 0 Å². The molecule has 1 aromatic rings. The molecule has 0 heterocycles. The van der Waals surface area contributed by atoms with Gasteiger partial charge in [0.2, 0.25) is 5.91 Å². The van der Waals surface area contributed by atoms with Gasteiger partial charge in [0, 0.05) is 23.6 Å². The van der Waals surface area contributed by atoms with Gasteiger partial charge < -0.3 is 19.9 Å². The summed E-state index contributed by atoms with van der Waals surface area (Å²) in [5.41, 5.74) is 6.09. The first-order valence-corrected chi connectivity index (χ1v) is 5.61. The Balaban J connectivity index is 3.18. The number of methoxy groups -OCH3 is 3. The van der Waals surface area contributed by atoms with Crippen molar-refractivity contribution in [1.29, 1.82) is 0 Å². The summed E-state index contributed by atoms with van der Waals surface area (Å²) in [5.74, 6) is 1.24. The molecule has 0 aliphatic carbocycles. The van der Waals surface area contributed by atoms with Gasteiger partial charge in [0.15, 0.2) is 0 Å². The van der Waals surface area contributed by atoms with E-state index in [9.17, 15) is 4.79 Å². The van der Waals surface area contributed by atoms with Crippen LogP contribution in [0.4, 0.5) is 0 Å². The molecule has 0 fully saturated rings. The number of carbonyl (C=O) groups excluding carboxylic acids is 1. The number of carbonyl (C=O) groups is 1. The van der Waals surface area contributed by atoms with Crippen LogP contribution in [-0.4, -0.2) is 27.2 Å². The average Bonchev–Trinajstić information content (AvgIpc) is 2.38. The van der Waals surface area contributed by atoms with Crippen molar-refractivity contribution >= 4 is 5.91 Å². The fourth-order valence-corrected chi connectivity index (χ4v) is 1.69. The molecule has 0 aliphatic heterocycles. The van der Waals surface area contributed by atoms with E-state index in [1.165, 1.54) is 0 Å². The molecule has 100 valence electrons. The van der Waals surface area contributed by atoms with E-state index in [0.29, 0.717) is 23.7 Å².